The third kappa shape index (κ3) is 4.58. The Hall–Kier alpha value is -3.99. The van der Waals surface area contributed by atoms with Crippen molar-refractivity contribution in [2.75, 3.05) is 25.0 Å². The highest BCUT2D eigenvalue weighted by Gasteiger charge is 2.44. The minimum absolute atomic E-state index is 0.0554. The Kier molecular flexibility index (Phi) is 5.82. The maximum absolute atomic E-state index is 13.6. The highest BCUT2D eigenvalue weighted by Crippen LogP contribution is 2.38. The van der Waals surface area contributed by atoms with Gasteiger partial charge in [0.2, 0.25) is 0 Å². The number of aryl methyl sites for hydroxylation is 1. The lowest BCUT2D eigenvalue weighted by Gasteiger charge is -2.36. The number of halogens is 4. The summed E-state index contributed by atoms with van der Waals surface area (Å²) in [5.74, 6) is -0.831. The fourth-order valence-electron chi connectivity index (χ4n) is 5.58. The van der Waals surface area contributed by atoms with Crippen LogP contribution in [0.3, 0.4) is 0 Å². The van der Waals surface area contributed by atoms with E-state index < -0.39 is 30.5 Å². The van der Waals surface area contributed by atoms with E-state index in [-0.39, 0.29) is 25.7 Å². The Bertz CT molecular complexity index is 1520. The summed E-state index contributed by atoms with van der Waals surface area (Å²) in [7, 11) is 0. The highest BCUT2D eigenvalue weighted by molar-refractivity contribution is 6.00. The molecule has 196 valence electrons. The first-order valence-electron chi connectivity index (χ1n) is 12.2. The van der Waals surface area contributed by atoms with Crippen molar-refractivity contribution in [1.29, 1.82) is 0 Å². The summed E-state index contributed by atoms with van der Waals surface area (Å²) in [6.45, 7) is 1.21. The van der Waals surface area contributed by atoms with Gasteiger partial charge in [0.25, 0.3) is 0 Å². The lowest BCUT2D eigenvalue weighted by atomic mass is 9.92. The molecule has 2 aromatic heterocycles. The van der Waals surface area contributed by atoms with Gasteiger partial charge >= 0.3 is 12.2 Å². The Morgan fingerprint density at radius 2 is 1.87 bits per heavy atom. The van der Waals surface area contributed by atoms with Crippen LogP contribution in [0.15, 0.2) is 54.7 Å². The normalized spacial score (nSPS) is 20.1. The maximum atomic E-state index is 13.6. The molecule has 2 N–H and O–H groups in total. The number of H-pyrrole nitrogens is 1. The van der Waals surface area contributed by atoms with Crippen molar-refractivity contribution in [3.05, 3.63) is 77.4 Å². The Labute approximate surface area is 215 Å². The molecular formula is C27H24F4N6O. The fourth-order valence-corrected chi connectivity index (χ4v) is 5.58. The second-order valence-corrected chi connectivity index (χ2v) is 9.91. The molecule has 4 heterocycles. The molecule has 6 rings (SSSR count). The predicted octanol–water partition coefficient (Wildman–Crippen LogP) is 5.45. The van der Waals surface area contributed by atoms with Crippen LogP contribution in [0.1, 0.15) is 22.7 Å². The van der Waals surface area contributed by atoms with Gasteiger partial charge in [0.15, 0.2) is 0 Å². The first-order chi connectivity index (χ1) is 18.1. The third-order valence-corrected chi connectivity index (χ3v) is 7.27. The average Bonchev–Trinajstić information content (AvgIpc) is 3.45. The van der Waals surface area contributed by atoms with Gasteiger partial charge in [-0.25, -0.2) is 9.18 Å². The number of benzene rings is 2. The molecule has 2 atom stereocenters. The molecule has 0 unspecified atom stereocenters. The van der Waals surface area contributed by atoms with E-state index >= 15 is 0 Å². The number of aromatic amines is 1. The molecule has 1 saturated heterocycles. The van der Waals surface area contributed by atoms with Gasteiger partial charge in [-0.3, -0.25) is 15.0 Å². The molecule has 2 aromatic carbocycles. The number of carbonyl (C=O) groups excluding carboxylic acids is 1. The second kappa shape index (κ2) is 9.09. The minimum atomic E-state index is -4.37. The zero-order valence-electron chi connectivity index (χ0n) is 20.4. The Morgan fingerprint density at radius 3 is 2.61 bits per heavy atom. The number of aromatic nitrogens is 3. The molecule has 11 heteroatoms. The van der Waals surface area contributed by atoms with E-state index in [1.807, 2.05) is 31.2 Å². The van der Waals surface area contributed by atoms with Crippen LogP contribution < -0.4 is 5.32 Å². The summed E-state index contributed by atoms with van der Waals surface area (Å²) in [5, 5.41) is 11.3. The first-order valence-corrected chi connectivity index (χ1v) is 12.2. The lowest BCUT2D eigenvalue weighted by Crippen LogP contribution is -2.48. The number of pyridine rings is 1. The number of hydrogen-bond acceptors (Lipinski definition) is 4. The molecule has 4 aromatic rings. The van der Waals surface area contributed by atoms with Crippen molar-refractivity contribution >= 4 is 22.6 Å². The zero-order chi connectivity index (χ0) is 26.6. The molecule has 1 fully saturated rings. The molecule has 7 nitrogen and oxygen atoms in total. The molecule has 38 heavy (non-hydrogen) atoms. The fraction of sp³-hybridized carbons (Fsp3) is 0.296. The molecule has 0 bridgehead atoms. The molecular weight excluding hydrogens is 500 g/mol. The SMILES string of the molecule is Cc1cc(-c2n[nH]c3cc4c(cc23)CN([C@@H]2CN(CC(F)(F)F)C[C@H]2c2ccc(F)cc2)C(=O)N4)ccn1. The van der Waals surface area contributed by atoms with E-state index in [0.717, 1.165) is 33.4 Å². The van der Waals surface area contributed by atoms with Crippen LogP contribution in [0.4, 0.5) is 28.0 Å². The van der Waals surface area contributed by atoms with Crippen molar-refractivity contribution in [3.8, 4) is 11.3 Å². The van der Waals surface area contributed by atoms with Crippen molar-refractivity contribution in [1.82, 2.24) is 25.0 Å². The van der Waals surface area contributed by atoms with Gasteiger partial charge in [0, 0.05) is 54.1 Å². The Morgan fingerprint density at radius 1 is 1.08 bits per heavy atom. The van der Waals surface area contributed by atoms with Crippen LogP contribution >= 0.6 is 0 Å². The maximum Gasteiger partial charge on any atom is 0.401 e. The third-order valence-electron chi connectivity index (χ3n) is 7.27. The van der Waals surface area contributed by atoms with Gasteiger partial charge in [0.1, 0.15) is 11.5 Å². The number of nitrogens with zero attached hydrogens (tertiary/aromatic N) is 4. The second-order valence-electron chi connectivity index (χ2n) is 9.91. The van der Waals surface area contributed by atoms with Crippen LogP contribution in [0, 0.1) is 12.7 Å². The van der Waals surface area contributed by atoms with Crippen LogP contribution in [0.2, 0.25) is 0 Å². The van der Waals surface area contributed by atoms with Gasteiger partial charge in [0.05, 0.1) is 18.1 Å². The topological polar surface area (TPSA) is 77.2 Å². The summed E-state index contributed by atoms with van der Waals surface area (Å²) >= 11 is 0. The number of urea groups is 1. The first kappa shape index (κ1) is 24.4. The molecule has 0 spiro atoms. The van der Waals surface area contributed by atoms with E-state index in [0.29, 0.717) is 11.3 Å². The summed E-state index contributed by atoms with van der Waals surface area (Å²) in [5.41, 5.74) is 5.41. The molecule has 2 amide bonds. The average molecular weight is 525 g/mol. The van der Waals surface area contributed by atoms with Crippen molar-refractivity contribution < 1.29 is 22.4 Å². The quantitative estimate of drug-likeness (QED) is 0.348. The lowest BCUT2D eigenvalue weighted by molar-refractivity contribution is -0.143. The number of hydrogen-bond donors (Lipinski definition) is 2. The number of nitrogens with one attached hydrogen (secondary N) is 2. The molecule has 2 aliphatic rings. The summed E-state index contributed by atoms with van der Waals surface area (Å²) in [4.78, 5) is 20.4. The molecule has 0 aliphatic carbocycles. The van der Waals surface area contributed by atoms with Gasteiger partial charge in [-0.1, -0.05) is 12.1 Å². The highest BCUT2D eigenvalue weighted by atomic mass is 19.4. The van der Waals surface area contributed by atoms with Gasteiger partial charge in [-0.05, 0) is 54.4 Å². The number of likely N-dealkylation sites (tertiary alicyclic amines) is 1. The monoisotopic (exact) mass is 524 g/mol. The largest absolute Gasteiger partial charge is 0.401 e. The van der Waals surface area contributed by atoms with Gasteiger partial charge in [-0.2, -0.15) is 18.3 Å². The number of anilines is 1. The van der Waals surface area contributed by atoms with E-state index in [4.69, 9.17) is 0 Å². The van der Waals surface area contributed by atoms with Gasteiger partial charge < -0.3 is 10.2 Å². The molecule has 0 saturated carbocycles. The van der Waals surface area contributed by atoms with Crippen LogP contribution in [0.5, 0.6) is 0 Å². The standard InChI is InChI=1S/C27H24F4N6O/c1-15-8-17(6-7-32-15)25-20-9-18-11-37(26(38)33-22(18)10-23(20)34-35-25)24-13-36(14-27(29,30)31)12-21(24)16-2-4-19(28)5-3-16/h2-10,21,24H,11-14H2,1H3,(H,33,38)(H,34,35)/t21-,24+/m0/s1. The summed E-state index contributed by atoms with van der Waals surface area (Å²) < 4.78 is 53.4. The predicted molar refractivity (Wildman–Crippen MR) is 134 cm³/mol. The van der Waals surface area contributed by atoms with Gasteiger partial charge in [-0.15, -0.1) is 0 Å². The van der Waals surface area contributed by atoms with Crippen LogP contribution in [-0.2, 0) is 6.54 Å². The Balaban J connectivity index is 1.35. The summed E-state index contributed by atoms with van der Waals surface area (Å²) in [6, 6.07) is 12.4. The van der Waals surface area contributed by atoms with E-state index in [2.05, 4.69) is 20.5 Å². The van der Waals surface area contributed by atoms with Crippen molar-refractivity contribution in [2.24, 2.45) is 0 Å². The zero-order valence-corrected chi connectivity index (χ0v) is 20.4. The number of carbonyl (C=O) groups is 1. The van der Waals surface area contributed by atoms with E-state index in [9.17, 15) is 22.4 Å². The molecule has 2 aliphatic heterocycles. The van der Waals surface area contributed by atoms with Crippen LogP contribution in [0.25, 0.3) is 22.2 Å². The molecule has 0 radical (unpaired) electrons. The number of alkyl halides is 3. The van der Waals surface area contributed by atoms with E-state index in [1.54, 1.807) is 23.2 Å². The number of amides is 2. The minimum Gasteiger partial charge on any atom is -0.315 e. The number of rotatable bonds is 4. The van der Waals surface area contributed by atoms with Crippen molar-refractivity contribution in [3.63, 3.8) is 0 Å². The van der Waals surface area contributed by atoms with Crippen LogP contribution in [-0.4, -0.2) is 62.9 Å². The summed E-state index contributed by atoms with van der Waals surface area (Å²) in [6.07, 6.45) is -2.65. The number of fused-ring (bicyclic) bond motifs is 2. The smallest absolute Gasteiger partial charge is 0.315 e. The van der Waals surface area contributed by atoms with Crippen molar-refractivity contribution in [2.45, 2.75) is 31.6 Å². The van der Waals surface area contributed by atoms with E-state index in [1.165, 1.54) is 17.0 Å².